The lowest BCUT2D eigenvalue weighted by atomic mass is 10.2. The average molecular weight is 297 g/mol. The van der Waals surface area contributed by atoms with Gasteiger partial charge in [0.1, 0.15) is 0 Å². The van der Waals surface area contributed by atoms with Crippen LogP contribution in [-0.2, 0) is 6.18 Å². The van der Waals surface area contributed by atoms with Crippen molar-refractivity contribution in [1.29, 1.82) is 0 Å². The molecule has 1 aromatic heterocycles. The van der Waals surface area contributed by atoms with Gasteiger partial charge in [-0.1, -0.05) is 0 Å². The van der Waals surface area contributed by atoms with Gasteiger partial charge in [-0.05, 0) is 36.4 Å². The Morgan fingerprint density at radius 2 is 1.71 bits per heavy atom. The number of amides is 1. The zero-order valence-corrected chi connectivity index (χ0v) is 10.5. The van der Waals surface area contributed by atoms with Gasteiger partial charge in [0.25, 0.3) is 5.91 Å². The number of nitrogens with zero attached hydrogens (tertiary/aromatic N) is 2. The van der Waals surface area contributed by atoms with E-state index < -0.39 is 17.6 Å². The summed E-state index contributed by atoms with van der Waals surface area (Å²) in [6.07, 6.45) is -4.42. The van der Waals surface area contributed by atoms with Crippen molar-refractivity contribution in [3.63, 3.8) is 0 Å². The molecule has 1 amide bonds. The zero-order chi connectivity index (χ0) is 15.5. The van der Waals surface area contributed by atoms with Crippen LogP contribution in [0.2, 0.25) is 0 Å². The molecule has 110 valence electrons. The second kappa shape index (κ2) is 5.75. The molecular formula is C12H10F3N5O. The van der Waals surface area contributed by atoms with Crippen molar-refractivity contribution in [3.8, 4) is 0 Å². The van der Waals surface area contributed by atoms with Crippen LogP contribution in [0.25, 0.3) is 0 Å². The molecule has 0 saturated carbocycles. The molecule has 0 fully saturated rings. The number of hydrogen-bond acceptors (Lipinski definition) is 5. The van der Waals surface area contributed by atoms with E-state index in [-0.39, 0.29) is 17.2 Å². The molecule has 2 aromatic rings. The van der Waals surface area contributed by atoms with Gasteiger partial charge < -0.3 is 10.7 Å². The van der Waals surface area contributed by atoms with E-state index in [1.165, 1.54) is 12.1 Å². The molecule has 0 aliphatic carbocycles. The van der Waals surface area contributed by atoms with Gasteiger partial charge in [-0.2, -0.15) is 13.2 Å². The van der Waals surface area contributed by atoms with Gasteiger partial charge in [0.05, 0.1) is 5.56 Å². The summed E-state index contributed by atoms with van der Waals surface area (Å²) in [4.78, 5) is 11.8. The van der Waals surface area contributed by atoms with Gasteiger partial charge in [-0.25, -0.2) is 5.84 Å². The standard InChI is InChI=1S/C12H10F3N5O/c13-12(14,15)7-1-3-8(4-2-7)17-11(21)9-5-6-10(18-16)20-19-9/h1-6H,16H2,(H,17,21)(H,18,20). The maximum absolute atomic E-state index is 12.4. The monoisotopic (exact) mass is 297 g/mol. The van der Waals surface area contributed by atoms with E-state index in [1.807, 2.05) is 0 Å². The fourth-order valence-electron chi connectivity index (χ4n) is 1.47. The van der Waals surface area contributed by atoms with Crippen LogP contribution in [0.5, 0.6) is 0 Å². The lowest BCUT2D eigenvalue weighted by Crippen LogP contribution is -2.16. The Morgan fingerprint density at radius 1 is 1.05 bits per heavy atom. The maximum Gasteiger partial charge on any atom is 0.416 e. The molecule has 0 spiro atoms. The molecular weight excluding hydrogens is 287 g/mol. The SMILES string of the molecule is NNc1ccc(C(=O)Nc2ccc(C(F)(F)F)cc2)nn1. The van der Waals surface area contributed by atoms with E-state index in [9.17, 15) is 18.0 Å². The first-order chi connectivity index (χ1) is 9.90. The first-order valence-electron chi connectivity index (χ1n) is 5.69. The topological polar surface area (TPSA) is 92.9 Å². The van der Waals surface area contributed by atoms with E-state index in [2.05, 4.69) is 20.9 Å². The van der Waals surface area contributed by atoms with Crippen LogP contribution in [0.1, 0.15) is 16.1 Å². The molecule has 0 bridgehead atoms. The Bertz CT molecular complexity index is 625. The number of halogens is 3. The number of rotatable bonds is 3. The molecule has 2 rings (SSSR count). The highest BCUT2D eigenvalue weighted by Crippen LogP contribution is 2.29. The smallest absolute Gasteiger partial charge is 0.321 e. The maximum atomic E-state index is 12.4. The Labute approximate surface area is 117 Å². The molecule has 21 heavy (non-hydrogen) atoms. The van der Waals surface area contributed by atoms with Gasteiger partial charge >= 0.3 is 6.18 Å². The van der Waals surface area contributed by atoms with Crippen LogP contribution < -0.4 is 16.6 Å². The van der Waals surface area contributed by atoms with Gasteiger partial charge in [-0.3, -0.25) is 4.79 Å². The third-order valence-corrected chi connectivity index (χ3v) is 2.52. The summed E-state index contributed by atoms with van der Waals surface area (Å²) in [7, 11) is 0. The highest BCUT2D eigenvalue weighted by Gasteiger charge is 2.30. The molecule has 1 aromatic carbocycles. The van der Waals surface area contributed by atoms with Crippen LogP contribution in [0, 0.1) is 0 Å². The van der Waals surface area contributed by atoms with Gasteiger partial charge in [0, 0.05) is 5.69 Å². The summed E-state index contributed by atoms with van der Waals surface area (Å²) in [5.41, 5.74) is 1.68. The molecule has 0 unspecified atom stereocenters. The number of aromatic nitrogens is 2. The van der Waals surface area contributed by atoms with Crippen LogP contribution >= 0.6 is 0 Å². The number of carbonyl (C=O) groups excluding carboxylic acids is 1. The lowest BCUT2D eigenvalue weighted by molar-refractivity contribution is -0.137. The Balaban J connectivity index is 2.08. The molecule has 0 aliphatic rings. The first-order valence-corrected chi connectivity index (χ1v) is 5.69. The predicted molar refractivity (Wildman–Crippen MR) is 69.2 cm³/mol. The third kappa shape index (κ3) is 3.66. The minimum atomic E-state index is -4.42. The van der Waals surface area contributed by atoms with Crippen molar-refractivity contribution < 1.29 is 18.0 Å². The number of benzene rings is 1. The number of hydrogen-bond donors (Lipinski definition) is 3. The van der Waals surface area contributed by atoms with Crippen LogP contribution in [0.3, 0.4) is 0 Å². The first kappa shape index (κ1) is 14.7. The summed E-state index contributed by atoms with van der Waals surface area (Å²) in [6, 6.07) is 6.88. The van der Waals surface area contributed by atoms with E-state index in [0.29, 0.717) is 0 Å². The molecule has 9 heteroatoms. The lowest BCUT2D eigenvalue weighted by Gasteiger charge is -2.08. The summed E-state index contributed by atoms with van der Waals surface area (Å²) >= 11 is 0. The van der Waals surface area contributed by atoms with Crippen molar-refractivity contribution >= 4 is 17.4 Å². The van der Waals surface area contributed by atoms with Crippen molar-refractivity contribution in [3.05, 3.63) is 47.7 Å². The molecule has 1 heterocycles. The predicted octanol–water partition coefficient (Wildman–Crippen LogP) is 2.03. The van der Waals surface area contributed by atoms with Gasteiger partial charge in [0.2, 0.25) is 0 Å². The minimum absolute atomic E-state index is 0.00824. The highest BCUT2D eigenvalue weighted by atomic mass is 19.4. The number of nitrogens with one attached hydrogen (secondary N) is 2. The van der Waals surface area contributed by atoms with Crippen molar-refractivity contribution in [2.75, 3.05) is 10.7 Å². The van der Waals surface area contributed by atoms with Gasteiger partial charge in [0.15, 0.2) is 11.5 Å². The largest absolute Gasteiger partial charge is 0.416 e. The molecule has 4 N–H and O–H groups in total. The number of hydrazine groups is 1. The van der Waals surface area contributed by atoms with E-state index in [4.69, 9.17) is 5.84 Å². The van der Waals surface area contributed by atoms with Gasteiger partial charge in [-0.15, -0.1) is 10.2 Å². The number of nitrogen functional groups attached to an aromatic ring is 1. The van der Waals surface area contributed by atoms with Crippen molar-refractivity contribution in [1.82, 2.24) is 10.2 Å². The van der Waals surface area contributed by atoms with Crippen LogP contribution in [0.15, 0.2) is 36.4 Å². The van der Waals surface area contributed by atoms with Crippen molar-refractivity contribution in [2.24, 2.45) is 5.84 Å². The molecule has 6 nitrogen and oxygen atoms in total. The summed E-state index contributed by atoms with van der Waals surface area (Å²) in [6.45, 7) is 0. The fraction of sp³-hybridized carbons (Fsp3) is 0.0833. The number of alkyl halides is 3. The zero-order valence-electron chi connectivity index (χ0n) is 10.5. The fourth-order valence-corrected chi connectivity index (χ4v) is 1.47. The number of nitrogens with two attached hydrogens (primary N) is 1. The van der Waals surface area contributed by atoms with E-state index in [1.54, 1.807) is 0 Å². The summed E-state index contributed by atoms with van der Waals surface area (Å²) < 4.78 is 37.2. The Hall–Kier alpha value is -2.68. The summed E-state index contributed by atoms with van der Waals surface area (Å²) in [5.74, 6) is 4.79. The molecule has 0 atom stereocenters. The minimum Gasteiger partial charge on any atom is -0.321 e. The van der Waals surface area contributed by atoms with Crippen LogP contribution in [0.4, 0.5) is 24.7 Å². The summed E-state index contributed by atoms with van der Waals surface area (Å²) in [5, 5.41) is 9.64. The molecule has 0 radical (unpaired) electrons. The van der Waals surface area contributed by atoms with Crippen molar-refractivity contribution in [2.45, 2.75) is 6.18 Å². The number of anilines is 2. The third-order valence-electron chi connectivity index (χ3n) is 2.52. The normalized spacial score (nSPS) is 11.0. The molecule has 0 saturated heterocycles. The Morgan fingerprint density at radius 3 is 2.19 bits per heavy atom. The second-order valence-corrected chi connectivity index (χ2v) is 3.98. The van der Waals surface area contributed by atoms with E-state index >= 15 is 0 Å². The average Bonchev–Trinajstić information content (AvgIpc) is 2.47. The van der Waals surface area contributed by atoms with Crippen LogP contribution in [-0.4, -0.2) is 16.1 Å². The second-order valence-electron chi connectivity index (χ2n) is 3.98. The highest BCUT2D eigenvalue weighted by molar-refractivity contribution is 6.02. The quantitative estimate of drug-likeness (QED) is 0.595. The molecule has 0 aliphatic heterocycles. The Kier molecular flexibility index (Phi) is 4.03. The number of carbonyl (C=O) groups is 1. The van der Waals surface area contributed by atoms with E-state index in [0.717, 1.165) is 24.3 Å².